The number of Topliss-reactive ketones (excluding diaryl/α,β-unsaturated/α-hetero) is 1. The van der Waals surface area contributed by atoms with Gasteiger partial charge in [0.05, 0.1) is 13.2 Å². The minimum absolute atomic E-state index is 0.668. The zero-order valence-electron chi connectivity index (χ0n) is 12.1. The molecule has 11 heteroatoms. The van der Waals surface area contributed by atoms with Crippen molar-refractivity contribution >= 4 is 5.78 Å². The molecule has 0 aromatic heterocycles. The molecule has 1 rings (SSSR count). The number of hydrogen-bond donors (Lipinski definition) is 8. The van der Waals surface area contributed by atoms with E-state index in [-0.39, 0.29) is 0 Å². The standard InChI is InChI=1S/C12H22O11/c13-1-5(16)8(18)9(19)6(17)3-22-12(4-15)11(21)10(20)7(2-14)23-12/h6-11,13-15,17-21H,1-4H2/t6-,7-,8-,9-,10-,11+,12-/m1/s1. The summed E-state index contributed by atoms with van der Waals surface area (Å²) in [5.41, 5.74) is 0. The van der Waals surface area contributed by atoms with Gasteiger partial charge < -0.3 is 50.3 Å². The first-order chi connectivity index (χ1) is 10.7. The summed E-state index contributed by atoms with van der Waals surface area (Å²) in [4.78, 5) is 11.0. The molecule has 11 nitrogen and oxygen atoms in total. The van der Waals surface area contributed by atoms with Crippen molar-refractivity contribution in [3.63, 3.8) is 0 Å². The largest absolute Gasteiger partial charge is 0.394 e. The minimum Gasteiger partial charge on any atom is -0.394 e. The predicted molar refractivity (Wildman–Crippen MR) is 69.9 cm³/mol. The lowest BCUT2D eigenvalue weighted by Gasteiger charge is -2.32. The summed E-state index contributed by atoms with van der Waals surface area (Å²) in [6.07, 6.45) is -10.4. The van der Waals surface area contributed by atoms with Gasteiger partial charge >= 0.3 is 0 Å². The number of carbonyl (C=O) groups excluding carboxylic acids is 1. The first-order valence-electron chi connectivity index (χ1n) is 6.81. The molecule has 0 radical (unpaired) electrons. The van der Waals surface area contributed by atoms with E-state index in [2.05, 4.69) is 0 Å². The fourth-order valence-electron chi connectivity index (χ4n) is 2.12. The molecule has 8 N–H and O–H groups in total. The summed E-state index contributed by atoms with van der Waals surface area (Å²) in [6.45, 7) is -3.45. The molecule has 0 unspecified atom stereocenters. The lowest BCUT2D eigenvalue weighted by Crippen LogP contribution is -2.52. The van der Waals surface area contributed by atoms with Crippen LogP contribution in [0.5, 0.6) is 0 Å². The zero-order valence-corrected chi connectivity index (χ0v) is 12.1. The van der Waals surface area contributed by atoms with Crippen molar-refractivity contribution in [2.24, 2.45) is 0 Å². The number of ether oxygens (including phenoxy) is 2. The van der Waals surface area contributed by atoms with E-state index in [4.69, 9.17) is 19.7 Å². The summed E-state index contributed by atoms with van der Waals surface area (Å²) in [5, 5.41) is 75.0. The van der Waals surface area contributed by atoms with Crippen LogP contribution < -0.4 is 0 Å². The molecule has 0 bridgehead atoms. The second-order valence-corrected chi connectivity index (χ2v) is 5.18. The van der Waals surface area contributed by atoms with E-state index in [0.717, 1.165) is 0 Å². The molecule has 0 spiro atoms. The second kappa shape index (κ2) is 8.39. The van der Waals surface area contributed by atoms with Gasteiger partial charge in [0.2, 0.25) is 5.79 Å². The average molecular weight is 342 g/mol. The van der Waals surface area contributed by atoms with Crippen LogP contribution in [0.3, 0.4) is 0 Å². The van der Waals surface area contributed by atoms with Crippen LogP contribution in [0.1, 0.15) is 0 Å². The molecule has 0 aromatic carbocycles. The van der Waals surface area contributed by atoms with Crippen molar-refractivity contribution in [3.05, 3.63) is 0 Å². The monoisotopic (exact) mass is 342 g/mol. The molecule has 1 aliphatic heterocycles. The molecule has 1 fully saturated rings. The first kappa shape index (κ1) is 20.3. The van der Waals surface area contributed by atoms with Crippen molar-refractivity contribution in [1.82, 2.24) is 0 Å². The zero-order chi connectivity index (χ0) is 17.8. The first-order valence-corrected chi connectivity index (χ1v) is 6.81. The highest BCUT2D eigenvalue weighted by Crippen LogP contribution is 2.32. The van der Waals surface area contributed by atoms with Crippen molar-refractivity contribution in [3.8, 4) is 0 Å². The van der Waals surface area contributed by atoms with Crippen LogP contribution in [0.4, 0.5) is 0 Å². The Morgan fingerprint density at radius 1 is 1.17 bits per heavy atom. The van der Waals surface area contributed by atoms with Gasteiger partial charge in [-0.05, 0) is 0 Å². The normalized spacial score (nSPS) is 35.0. The maximum atomic E-state index is 11.0. The number of aliphatic hydroxyl groups is 8. The summed E-state index contributed by atoms with van der Waals surface area (Å²) < 4.78 is 10.1. The molecule has 0 aromatic rings. The van der Waals surface area contributed by atoms with Crippen LogP contribution in [-0.4, -0.2) is 115 Å². The lowest BCUT2D eigenvalue weighted by atomic mass is 10.0. The van der Waals surface area contributed by atoms with Crippen LogP contribution in [-0.2, 0) is 14.3 Å². The maximum absolute atomic E-state index is 11.0. The van der Waals surface area contributed by atoms with E-state index >= 15 is 0 Å². The smallest absolute Gasteiger partial charge is 0.221 e. The van der Waals surface area contributed by atoms with Crippen molar-refractivity contribution in [2.75, 3.05) is 26.4 Å². The SMILES string of the molecule is O=C(CO)[C@@H](O)[C@H](O)[C@H](O)CO[C@]1(CO)O[C@H](CO)[C@@H](O)[C@@H]1O. The van der Waals surface area contributed by atoms with Gasteiger partial charge in [-0.1, -0.05) is 0 Å². The molecular weight excluding hydrogens is 320 g/mol. The highest BCUT2D eigenvalue weighted by Gasteiger charge is 2.55. The Kier molecular flexibility index (Phi) is 7.41. The molecular formula is C12H22O11. The maximum Gasteiger partial charge on any atom is 0.221 e. The lowest BCUT2D eigenvalue weighted by molar-refractivity contribution is -0.286. The van der Waals surface area contributed by atoms with E-state index < -0.39 is 74.6 Å². The Morgan fingerprint density at radius 2 is 1.78 bits per heavy atom. The molecule has 0 aliphatic carbocycles. The number of aliphatic hydroxyl groups excluding tert-OH is 8. The van der Waals surface area contributed by atoms with E-state index in [9.17, 15) is 35.4 Å². The van der Waals surface area contributed by atoms with E-state index in [1.54, 1.807) is 0 Å². The summed E-state index contributed by atoms with van der Waals surface area (Å²) >= 11 is 0. The van der Waals surface area contributed by atoms with Crippen LogP contribution >= 0.6 is 0 Å². The third-order valence-corrected chi connectivity index (χ3v) is 3.61. The third kappa shape index (κ3) is 4.22. The molecule has 136 valence electrons. The highest BCUT2D eigenvalue weighted by molar-refractivity contribution is 5.84. The fraction of sp³-hybridized carbons (Fsp3) is 0.917. The molecule has 7 atom stereocenters. The number of ketones is 1. The Hall–Kier alpha value is -0.730. The van der Waals surface area contributed by atoms with E-state index in [0.29, 0.717) is 0 Å². The summed E-state index contributed by atoms with van der Waals surface area (Å²) in [7, 11) is 0. The number of rotatable bonds is 9. The van der Waals surface area contributed by atoms with Gasteiger partial charge in [0.25, 0.3) is 0 Å². The highest BCUT2D eigenvalue weighted by atomic mass is 16.7. The quantitative estimate of drug-likeness (QED) is 0.199. The van der Waals surface area contributed by atoms with Crippen molar-refractivity contribution < 1.29 is 55.1 Å². The fourth-order valence-corrected chi connectivity index (χ4v) is 2.12. The molecule has 0 saturated carbocycles. The Morgan fingerprint density at radius 3 is 2.22 bits per heavy atom. The Labute approximate surface area is 130 Å². The average Bonchev–Trinajstić information content (AvgIpc) is 2.82. The molecule has 23 heavy (non-hydrogen) atoms. The molecule has 1 aliphatic rings. The summed E-state index contributed by atoms with van der Waals surface area (Å²) in [6, 6.07) is 0. The van der Waals surface area contributed by atoms with Gasteiger partial charge in [0, 0.05) is 0 Å². The molecule has 1 heterocycles. The number of carbonyl (C=O) groups is 1. The molecule has 1 saturated heterocycles. The van der Waals surface area contributed by atoms with Gasteiger partial charge in [-0.25, -0.2) is 0 Å². The number of hydrogen-bond acceptors (Lipinski definition) is 11. The van der Waals surface area contributed by atoms with Crippen LogP contribution in [0.15, 0.2) is 0 Å². The van der Waals surface area contributed by atoms with Crippen molar-refractivity contribution in [2.45, 2.75) is 42.4 Å². The van der Waals surface area contributed by atoms with Gasteiger partial charge in [-0.15, -0.1) is 0 Å². The van der Waals surface area contributed by atoms with Gasteiger partial charge in [0.15, 0.2) is 5.78 Å². The summed E-state index contributed by atoms with van der Waals surface area (Å²) in [5.74, 6) is -3.28. The van der Waals surface area contributed by atoms with Crippen molar-refractivity contribution in [1.29, 1.82) is 0 Å². The predicted octanol–water partition coefficient (Wildman–Crippen LogP) is -5.55. The van der Waals surface area contributed by atoms with Crippen LogP contribution in [0.2, 0.25) is 0 Å². The van der Waals surface area contributed by atoms with Gasteiger partial charge in [0.1, 0.15) is 49.8 Å². The van der Waals surface area contributed by atoms with Gasteiger partial charge in [-0.2, -0.15) is 0 Å². The Bertz CT molecular complexity index is 391. The minimum atomic E-state index is -2.15. The van der Waals surface area contributed by atoms with E-state index in [1.807, 2.05) is 0 Å². The second-order valence-electron chi connectivity index (χ2n) is 5.18. The third-order valence-electron chi connectivity index (χ3n) is 3.61. The van der Waals surface area contributed by atoms with E-state index in [1.165, 1.54) is 0 Å². The van der Waals surface area contributed by atoms with Crippen LogP contribution in [0.25, 0.3) is 0 Å². The van der Waals surface area contributed by atoms with Crippen LogP contribution in [0, 0.1) is 0 Å². The van der Waals surface area contributed by atoms with Gasteiger partial charge in [-0.3, -0.25) is 4.79 Å². The topological polar surface area (TPSA) is 197 Å². The Balaban J connectivity index is 2.69. The molecule has 0 amide bonds.